The molecule has 0 aliphatic heterocycles. The van der Waals surface area contributed by atoms with Crippen molar-refractivity contribution in [3.05, 3.63) is 28.4 Å². The highest BCUT2D eigenvalue weighted by molar-refractivity contribution is 7.13. The van der Waals surface area contributed by atoms with Crippen molar-refractivity contribution in [1.29, 1.82) is 0 Å². The zero-order chi connectivity index (χ0) is 19.8. The number of ether oxygens (including phenoxy) is 3. The second-order valence-corrected chi connectivity index (χ2v) is 5.86. The van der Waals surface area contributed by atoms with Crippen molar-refractivity contribution in [2.45, 2.75) is 13.5 Å². The number of nitrogens with zero attached hydrogens (tertiary/aromatic N) is 4. The van der Waals surface area contributed by atoms with Crippen molar-refractivity contribution >= 4 is 35.5 Å². The lowest BCUT2D eigenvalue weighted by Gasteiger charge is -2.04. The summed E-state index contributed by atoms with van der Waals surface area (Å²) in [6.45, 7) is 2.04. The van der Waals surface area contributed by atoms with E-state index in [-0.39, 0.29) is 24.5 Å². The fraction of sp³-hybridized carbons (Fsp3) is 0.333. The van der Waals surface area contributed by atoms with Crippen molar-refractivity contribution in [3.63, 3.8) is 0 Å². The lowest BCUT2D eigenvalue weighted by Crippen LogP contribution is -2.16. The molecular weight excluding hydrogens is 380 g/mol. The molecule has 0 N–H and O–H groups in total. The Morgan fingerprint density at radius 1 is 1.22 bits per heavy atom. The van der Waals surface area contributed by atoms with Gasteiger partial charge in [-0.05, 0) is 19.1 Å². The maximum atomic E-state index is 12.0. The fourth-order valence-electron chi connectivity index (χ4n) is 1.90. The standard InChI is InChI=1S/C15H16N4O7S/c1-4-25-10(20)7-16-26-11-6-5-9(27-11)8-19-13(15(22)24-3)12(17-18-19)14(21)23-2/h5-7H,4,8H2,1-3H3/b16-7+. The first-order valence-electron chi connectivity index (χ1n) is 7.56. The Bertz CT molecular complexity index is 858. The first-order chi connectivity index (χ1) is 13.0. The van der Waals surface area contributed by atoms with Gasteiger partial charge >= 0.3 is 17.9 Å². The van der Waals surface area contributed by atoms with Crippen LogP contribution in [0.2, 0.25) is 0 Å². The highest BCUT2D eigenvalue weighted by Crippen LogP contribution is 2.25. The molecule has 11 nitrogen and oxygen atoms in total. The Labute approximate surface area is 157 Å². The van der Waals surface area contributed by atoms with Crippen LogP contribution in [0.4, 0.5) is 0 Å². The molecule has 2 rings (SSSR count). The molecule has 0 saturated heterocycles. The number of oxime groups is 1. The second kappa shape index (κ2) is 9.43. The summed E-state index contributed by atoms with van der Waals surface area (Å²) in [6, 6.07) is 3.33. The number of carbonyl (C=O) groups is 3. The van der Waals surface area contributed by atoms with Gasteiger partial charge in [-0.2, -0.15) is 0 Å². The average Bonchev–Trinajstić information content (AvgIpc) is 3.28. The minimum absolute atomic E-state index is 0.124. The molecule has 12 heteroatoms. The van der Waals surface area contributed by atoms with Gasteiger partial charge < -0.3 is 19.0 Å². The van der Waals surface area contributed by atoms with Gasteiger partial charge in [0.05, 0.1) is 27.4 Å². The molecule has 0 aromatic carbocycles. The Balaban J connectivity index is 2.13. The first-order valence-corrected chi connectivity index (χ1v) is 8.37. The quantitative estimate of drug-likeness (QED) is 0.276. The summed E-state index contributed by atoms with van der Waals surface area (Å²) in [5.41, 5.74) is -0.364. The Morgan fingerprint density at radius 2 is 1.96 bits per heavy atom. The lowest BCUT2D eigenvalue weighted by molar-refractivity contribution is -0.134. The third-order valence-corrected chi connectivity index (χ3v) is 3.96. The molecule has 0 aliphatic carbocycles. The van der Waals surface area contributed by atoms with Crippen LogP contribution in [0, 0.1) is 0 Å². The van der Waals surface area contributed by atoms with Crippen molar-refractivity contribution in [1.82, 2.24) is 15.0 Å². The monoisotopic (exact) mass is 396 g/mol. The summed E-state index contributed by atoms with van der Waals surface area (Å²) >= 11 is 1.20. The largest absolute Gasteiger partial charge is 0.464 e. The molecule has 0 amide bonds. The van der Waals surface area contributed by atoms with E-state index < -0.39 is 17.9 Å². The highest BCUT2D eigenvalue weighted by Gasteiger charge is 2.27. The van der Waals surface area contributed by atoms with Crippen molar-refractivity contribution < 1.29 is 33.4 Å². The number of carbonyl (C=O) groups excluding carboxylic acids is 3. The van der Waals surface area contributed by atoms with Crippen LogP contribution in [0.15, 0.2) is 17.3 Å². The van der Waals surface area contributed by atoms with Gasteiger partial charge in [-0.25, -0.2) is 19.1 Å². The van der Waals surface area contributed by atoms with E-state index in [9.17, 15) is 14.4 Å². The number of aromatic nitrogens is 3. The van der Waals surface area contributed by atoms with Crippen LogP contribution in [0.1, 0.15) is 32.8 Å². The molecule has 144 valence electrons. The van der Waals surface area contributed by atoms with Gasteiger partial charge in [-0.1, -0.05) is 21.7 Å². The molecule has 0 saturated carbocycles. The summed E-state index contributed by atoms with van der Waals surface area (Å²) in [4.78, 5) is 40.6. The van der Waals surface area contributed by atoms with Crippen LogP contribution in [-0.4, -0.2) is 59.9 Å². The van der Waals surface area contributed by atoms with Gasteiger partial charge in [-0.3, -0.25) is 0 Å². The predicted octanol–water partition coefficient (Wildman–Crippen LogP) is 0.889. The maximum Gasteiger partial charge on any atom is 0.361 e. The Kier molecular flexibility index (Phi) is 7.00. The van der Waals surface area contributed by atoms with Gasteiger partial charge in [0.2, 0.25) is 10.8 Å². The topological polar surface area (TPSA) is 131 Å². The summed E-state index contributed by atoms with van der Waals surface area (Å²) in [7, 11) is 2.35. The van der Waals surface area contributed by atoms with E-state index in [0.717, 1.165) is 11.1 Å². The van der Waals surface area contributed by atoms with E-state index in [0.29, 0.717) is 5.06 Å². The van der Waals surface area contributed by atoms with E-state index >= 15 is 0 Å². The van der Waals surface area contributed by atoms with Crippen molar-refractivity contribution in [2.24, 2.45) is 5.16 Å². The van der Waals surface area contributed by atoms with Crippen LogP contribution < -0.4 is 4.84 Å². The molecule has 0 aliphatic rings. The normalized spacial score (nSPS) is 10.6. The third-order valence-electron chi connectivity index (χ3n) is 3.02. The molecule has 0 bridgehead atoms. The molecule has 0 atom stereocenters. The molecule has 0 unspecified atom stereocenters. The van der Waals surface area contributed by atoms with Gasteiger partial charge in [0.25, 0.3) is 0 Å². The van der Waals surface area contributed by atoms with Crippen LogP contribution in [0.25, 0.3) is 0 Å². The SMILES string of the molecule is CCOC(=O)/C=N/Oc1ccc(Cn2nnc(C(=O)OC)c2C(=O)OC)s1. The number of methoxy groups -OCH3 is 2. The smallest absolute Gasteiger partial charge is 0.361 e. The minimum Gasteiger partial charge on any atom is -0.464 e. The third kappa shape index (κ3) is 5.10. The van der Waals surface area contributed by atoms with E-state index in [4.69, 9.17) is 4.84 Å². The average molecular weight is 396 g/mol. The number of hydrogen-bond donors (Lipinski definition) is 0. The van der Waals surface area contributed by atoms with Gasteiger partial charge in [0.1, 0.15) is 0 Å². The van der Waals surface area contributed by atoms with Crippen molar-refractivity contribution in [2.75, 3.05) is 20.8 Å². The Hall–Kier alpha value is -3.28. The zero-order valence-electron chi connectivity index (χ0n) is 14.7. The van der Waals surface area contributed by atoms with E-state index in [1.165, 1.54) is 30.2 Å². The van der Waals surface area contributed by atoms with Crippen LogP contribution in [0.3, 0.4) is 0 Å². The molecule has 0 spiro atoms. The number of hydrogen-bond acceptors (Lipinski definition) is 11. The van der Waals surface area contributed by atoms with Crippen molar-refractivity contribution in [3.8, 4) is 5.06 Å². The number of thiophene rings is 1. The van der Waals surface area contributed by atoms with Crippen LogP contribution in [0.5, 0.6) is 5.06 Å². The highest BCUT2D eigenvalue weighted by atomic mass is 32.1. The summed E-state index contributed by atoms with van der Waals surface area (Å²) < 4.78 is 15.2. The van der Waals surface area contributed by atoms with E-state index in [1.54, 1.807) is 19.1 Å². The Morgan fingerprint density at radius 3 is 2.63 bits per heavy atom. The molecular formula is C15H16N4O7S. The molecule has 2 aromatic rings. The molecule has 27 heavy (non-hydrogen) atoms. The minimum atomic E-state index is -0.801. The van der Waals surface area contributed by atoms with Gasteiger partial charge in [0, 0.05) is 4.88 Å². The van der Waals surface area contributed by atoms with E-state index in [2.05, 4.69) is 29.7 Å². The summed E-state index contributed by atoms with van der Waals surface area (Å²) in [5.74, 6) is -2.19. The van der Waals surface area contributed by atoms with E-state index in [1.807, 2.05) is 0 Å². The fourth-order valence-corrected chi connectivity index (χ4v) is 2.70. The summed E-state index contributed by atoms with van der Waals surface area (Å²) in [6.07, 6.45) is 0.915. The molecule has 2 aromatic heterocycles. The number of esters is 3. The van der Waals surface area contributed by atoms with Crippen LogP contribution >= 0.6 is 11.3 Å². The van der Waals surface area contributed by atoms with Gasteiger partial charge in [0.15, 0.2) is 11.9 Å². The molecule has 0 radical (unpaired) electrons. The maximum absolute atomic E-state index is 12.0. The number of rotatable bonds is 8. The van der Waals surface area contributed by atoms with Crippen LogP contribution in [-0.2, 0) is 25.5 Å². The summed E-state index contributed by atoms with van der Waals surface area (Å²) in [5, 5.41) is 11.4. The predicted molar refractivity (Wildman–Crippen MR) is 91.9 cm³/mol. The molecule has 0 fully saturated rings. The second-order valence-electron chi connectivity index (χ2n) is 4.73. The zero-order valence-corrected chi connectivity index (χ0v) is 15.5. The lowest BCUT2D eigenvalue weighted by atomic mass is 10.3. The first kappa shape index (κ1) is 20.0. The molecule has 2 heterocycles. The van der Waals surface area contributed by atoms with Gasteiger partial charge in [-0.15, -0.1) is 5.10 Å².